The molecule has 148 valence electrons. The Kier molecular flexibility index (Phi) is 5.64. The zero-order valence-electron chi connectivity index (χ0n) is 15.6. The second-order valence-corrected chi connectivity index (χ2v) is 6.86. The number of benzene rings is 3. The lowest BCUT2D eigenvalue weighted by Crippen LogP contribution is -2.23. The highest BCUT2D eigenvalue weighted by Crippen LogP contribution is 2.27. The molecule has 6 heteroatoms. The number of aromatic nitrogens is 2. The van der Waals surface area contributed by atoms with E-state index in [1.807, 2.05) is 28.8 Å². The molecular weight excluding hydrogens is 374 g/mol. The number of imidazole rings is 1. The van der Waals surface area contributed by atoms with Gasteiger partial charge in [0.05, 0.1) is 36.6 Å². The van der Waals surface area contributed by atoms with E-state index in [9.17, 15) is 13.9 Å². The third kappa shape index (κ3) is 4.50. The summed E-state index contributed by atoms with van der Waals surface area (Å²) >= 11 is 0. The van der Waals surface area contributed by atoms with E-state index in [0.29, 0.717) is 6.54 Å². The van der Waals surface area contributed by atoms with Gasteiger partial charge >= 0.3 is 0 Å². The molecule has 29 heavy (non-hydrogen) atoms. The number of nitrogens with zero attached hydrogens (tertiary/aromatic N) is 2. The molecule has 0 aliphatic rings. The second kappa shape index (κ2) is 8.51. The van der Waals surface area contributed by atoms with Gasteiger partial charge in [-0.3, -0.25) is 0 Å². The summed E-state index contributed by atoms with van der Waals surface area (Å²) < 4.78 is 34.5. The summed E-state index contributed by atoms with van der Waals surface area (Å²) in [5.74, 6) is -0.697. The van der Waals surface area contributed by atoms with E-state index in [2.05, 4.69) is 4.98 Å². The zero-order chi connectivity index (χ0) is 20.2. The van der Waals surface area contributed by atoms with E-state index in [1.54, 1.807) is 30.6 Å². The summed E-state index contributed by atoms with van der Waals surface area (Å²) in [6.07, 6.45) is 0.354. The van der Waals surface area contributed by atoms with E-state index in [-0.39, 0.29) is 18.2 Å². The predicted molar refractivity (Wildman–Crippen MR) is 106 cm³/mol. The van der Waals surface area contributed by atoms with Crippen LogP contribution in [0.4, 0.5) is 8.78 Å². The quantitative estimate of drug-likeness (QED) is 0.503. The Bertz CT molecular complexity index is 1030. The Hall–Kier alpha value is -3.09. The standard InChI is InChI=1S/C23H20F2N2O2/c24-18-9-5-16(6-10-18)23(17-7-11-19(25)12-8-17)29-14-20(28)13-27-15-26-21-3-1-2-4-22(21)27/h1-12,15,20,23,28H,13-14H2/t20-/m0/s1. The Morgan fingerprint density at radius 3 is 2.07 bits per heavy atom. The van der Waals surface area contributed by atoms with Gasteiger partial charge in [0.25, 0.3) is 0 Å². The normalized spacial score (nSPS) is 12.6. The van der Waals surface area contributed by atoms with Crippen molar-refractivity contribution in [2.75, 3.05) is 6.61 Å². The first-order chi connectivity index (χ1) is 14.1. The zero-order valence-corrected chi connectivity index (χ0v) is 15.6. The van der Waals surface area contributed by atoms with Crippen molar-refractivity contribution < 1.29 is 18.6 Å². The van der Waals surface area contributed by atoms with Gasteiger partial charge in [0, 0.05) is 0 Å². The van der Waals surface area contributed by atoms with Crippen molar-refractivity contribution in [3.8, 4) is 0 Å². The largest absolute Gasteiger partial charge is 0.389 e. The van der Waals surface area contributed by atoms with Gasteiger partial charge in [0.15, 0.2) is 0 Å². The van der Waals surface area contributed by atoms with Gasteiger partial charge in [-0.25, -0.2) is 13.8 Å². The smallest absolute Gasteiger partial charge is 0.123 e. The lowest BCUT2D eigenvalue weighted by Gasteiger charge is -2.21. The maximum Gasteiger partial charge on any atom is 0.123 e. The molecule has 0 aliphatic heterocycles. The van der Waals surface area contributed by atoms with Crippen molar-refractivity contribution >= 4 is 11.0 Å². The first-order valence-electron chi connectivity index (χ1n) is 9.30. The molecule has 0 saturated carbocycles. The molecule has 4 nitrogen and oxygen atoms in total. The van der Waals surface area contributed by atoms with Crippen LogP contribution in [-0.4, -0.2) is 27.4 Å². The molecule has 0 fully saturated rings. The van der Waals surface area contributed by atoms with Crippen molar-refractivity contribution in [3.05, 3.63) is 102 Å². The maximum atomic E-state index is 13.3. The predicted octanol–water partition coefficient (Wildman–Crippen LogP) is 4.48. The van der Waals surface area contributed by atoms with E-state index in [1.165, 1.54) is 24.3 Å². The Labute approximate surface area is 167 Å². The minimum Gasteiger partial charge on any atom is -0.389 e. The summed E-state index contributed by atoms with van der Waals surface area (Å²) in [7, 11) is 0. The van der Waals surface area contributed by atoms with Crippen molar-refractivity contribution in [1.29, 1.82) is 0 Å². The van der Waals surface area contributed by atoms with Crippen molar-refractivity contribution in [3.63, 3.8) is 0 Å². The van der Waals surface area contributed by atoms with Crippen LogP contribution < -0.4 is 0 Å². The highest BCUT2D eigenvalue weighted by atomic mass is 19.1. The first kappa shape index (κ1) is 19.2. The fraction of sp³-hybridized carbons (Fsp3) is 0.174. The van der Waals surface area contributed by atoms with Crippen LogP contribution in [0.25, 0.3) is 11.0 Å². The van der Waals surface area contributed by atoms with Crippen LogP contribution >= 0.6 is 0 Å². The summed E-state index contributed by atoms with van der Waals surface area (Å²) in [5, 5.41) is 10.5. The van der Waals surface area contributed by atoms with Crippen LogP contribution in [0, 0.1) is 11.6 Å². The van der Waals surface area contributed by atoms with Crippen molar-refractivity contribution in [1.82, 2.24) is 9.55 Å². The molecule has 0 aliphatic carbocycles. The minimum atomic E-state index is -0.781. The van der Waals surface area contributed by atoms with Gasteiger partial charge in [-0.1, -0.05) is 36.4 Å². The molecule has 0 unspecified atom stereocenters. The monoisotopic (exact) mass is 394 g/mol. The topological polar surface area (TPSA) is 47.3 Å². The minimum absolute atomic E-state index is 0.0475. The van der Waals surface area contributed by atoms with Crippen LogP contribution in [-0.2, 0) is 11.3 Å². The highest BCUT2D eigenvalue weighted by Gasteiger charge is 2.18. The van der Waals surface area contributed by atoms with Crippen molar-refractivity contribution in [2.24, 2.45) is 0 Å². The van der Waals surface area contributed by atoms with E-state index in [4.69, 9.17) is 4.74 Å². The highest BCUT2D eigenvalue weighted by molar-refractivity contribution is 5.74. The summed E-state index contributed by atoms with van der Waals surface area (Å²) in [5.41, 5.74) is 3.23. The average Bonchev–Trinajstić information content (AvgIpc) is 3.13. The number of rotatable bonds is 7. The van der Waals surface area contributed by atoms with Gasteiger partial charge in [-0.05, 0) is 47.5 Å². The average molecular weight is 394 g/mol. The number of aliphatic hydroxyl groups is 1. The molecule has 0 spiro atoms. The molecule has 3 aromatic carbocycles. The molecule has 1 atom stereocenters. The number of hydrogen-bond donors (Lipinski definition) is 1. The molecule has 4 rings (SSSR count). The van der Waals surface area contributed by atoms with Crippen LogP contribution in [0.3, 0.4) is 0 Å². The summed E-state index contributed by atoms with van der Waals surface area (Å²) in [4.78, 5) is 4.32. The first-order valence-corrected chi connectivity index (χ1v) is 9.30. The van der Waals surface area contributed by atoms with Gasteiger partial charge in [-0.2, -0.15) is 0 Å². The van der Waals surface area contributed by atoms with Crippen LogP contribution in [0.15, 0.2) is 79.1 Å². The number of fused-ring (bicyclic) bond motifs is 1. The van der Waals surface area contributed by atoms with Crippen molar-refractivity contribution in [2.45, 2.75) is 18.8 Å². The Balaban J connectivity index is 1.49. The third-order valence-corrected chi connectivity index (χ3v) is 4.74. The second-order valence-electron chi connectivity index (χ2n) is 6.86. The molecular formula is C23H20F2N2O2. The van der Waals surface area contributed by atoms with Crippen LogP contribution in [0.2, 0.25) is 0 Å². The lowest BCUT2D eigenvalue weighted by atomic mass is 10.0. The number of halogens is 2. The molecule has 0 saturated heterocycles. The number of aliphatic hydroxyl groups excluding tert-OH is 1. The van der Waals surface area contributed by atoms with Gasteiger partial charge in [0.2, 0.25) is 0 Å². The molecule has 1 heterocycles. The molecule has 0 bridgehead atoms. The van der Waals surface area contributed by atoms with E-state index < -0.39 is 12.2 Å². The van der Waals surface area contributed by atoms with Crippen LogP contribution in [0.5, 0.6) is 0 Å². The molecule has 1 aromatic heterocycles. The number of ether oxygens (including phenoxy) is 1. The number of para-hydroxylation sites is 2. The van der Waals surface area contributed by atoms with Crippen LogP contribution in [0.1, 0.15) is 17.2 Å². The summed E-state index contributed by atoms with van der Waals surface area (Å²) in [6.45, 7) is 0.367. The summed E-state index contributed by atoms with van der Waals surface area (Å²) in [6, 6.07) is 19.6. The lowest BCUT2D eigenvalue weighted by molar-refractivity contribution is -0.000199. The number of hydrogen-bond acceptors (Lipinski definition) is 3. The van der Waals surface area contributed by atoms with Gasteiger partial charge < -0.3 is 14.4 Å². The molecule has 0 amide bonds. The SMILES string of the molecule is O[C@H](COC(c1ccc(F)cc1)c1ccc(F)cc1)Cn1cnc2ccccc21. The van der Waals surface area contributed by atoms with E-state index in [0.717, 1.165) is 22.2 Å². The van der Waals surface area contributed by atoms with Gasteiger partial charge in [0.1, 0.15) is 17.7 Å². The van der Waals surface area contributed by atoms with E-state index >= 15 is 0 Å². The molecule has 0 radical (unpaired) electrons. The maximum absolute atomic E-state index is 13.3. The molecule has 1 N–H and O–H groups in total. The third-order valence-electron chi connectivity index (χ3n) is 4.74. The van der Waals surface area contributed by atoms with Gasteiger partial charge in [-0.15, -0.1) is 0 Å². The fourth-order valence-corrected chi connectivity index (χ4v) is 3.30. The fourth-order valence-electron chi connectivity index (χ4n) is 3.30. The Morgan fingerprint density at radius 2 is 1.45 bits per heavy atom. The molecule has 4 aromatic rings. The Morgan fingerprint density at radius 1 is 0.862 bits per heavy atom.